The highest BCUT2D eigenvalue weighted by atomic mass is 16.4. The number of carbonyl (C=O) groups excluding carboxylic acids is 3. The summed E-state index contributed by atoms with van der Waals surface area (Å²) in [5.41, 5.74) is 15.5. The summed E-state index contributed by atoms with van der Waals surface area (Å²) in [6.45, 7) is 0. The first-order valence-electron chi connectivity index (χ1n) is 5.60. The van der Waals surface area contributed by atoms with Gasteiger partial charge >= 0.3 is 5.97 Å². The van der Waals surface area contributed by atoms with E-state index in [1.54, 1.807) is 0 Å². The van der Waals surface area contributed by atoms with Crippen LogP contribution in [0.1, 0.15) is 25.7 Å². The van der Waals surface area contributed by atoms with Crippen molar-refractivity contribution >= 4 is 23.7 Å². The van der Waals surface area contributed by atoms with Gasteiger partial charge in [0.15, 0.2) is 0 Å². The zero-order valence-corrected chi connectivity index (χ0v) is 10.3. The lowest BCUT2D eigenvalue weighted by atomic mass is 10.1. The molecule has 0 aromatic heterocycles. The van der Waals surface area contributed by atoms with E-state index in [9.17, 15) is 19.2 Å². The van der Waals surface area contributed by atoms with E-state index in [1.807, 2.05) is 5.32 Å². The fourth-order valence-electron chi connectivity index (χ4n) is 1.13. The van der Waals surface area contributed by atoms with Gasteiger partial charge in [0.05, 0.1) is 6.04 Å². The lowest BCUT2D eigenvalue weighted by molar-refractivity contribution is -0.138. The van der Waals surface area contributed by atoms with E-state index < -0.39 is 35.8 Å². The number of nitrogens with two attached hydrogens (primary N) is 3. The largest absolute Gasteiger partial charge is 0.480 e. The second-order valence-corrected chi connectivity index (χ2v) is 4.01. The molecule has 0 saturated heterocycles. The maximum absolute atomic E-state index is 11.4. The van der Waals surface area contributed by atoms with E-state index in [-0.39, 0.29) is 25.7 Å². The minimum atomic E-state index is -1.22. The van der Waals surface area contributed by atoms with Crippen LogP contribution in [0.15, 0.2) is 0 Å². The van der Waals surface area contributed by atoms with Gasteiger partial charge in [0.2, 0.25) is 17.7 Å². The molecule has 19 heavy (non-hydrogen) atoms. The Balaban J connectivity index is 4.01. The predicted molar refractivity (Wildman–Crippen MR) is 64.4 cm³/mol. The number of carboxylic acid groups (broad SMARTS) is 1. The van der Waals surface area contributed by atoms with Crippen molar-refractivity contribution in [3.63, 3.8) is 0 Å². The van der Waals surface area contributed by atoms with Crippen LogP contribution in [0.2, 0.25) is 0 Å². The number of primary amides is 1. The third-order valence-corrected chi connectivity index (χ3v) is 2.30. The maximum Gasteiger partial charge on any atom is 0.320 e. The van der Waals surface area contributed by atoms with Crippen LogP contribution >= 0.6 is 0 Å². The first-order valence-corrected chi connectivity index (χ1v) is 5.60. The number of nitrogens with one attached hydrogen (secondary N) is 1. The first kappa shape index (κ1) is 17.0. The van der Waals surface area contributed by atoms with E-state index in [0.717, 1.165) is 0 Å². The molecule has 9 heteroatoms. The van der Waals surface area contributed by atoms with Crippen LogP contribution < -0.4 is 22.5 Å². The quantitative estimate of drug-likeness (QED) is 0.322. The van der Waals surface area contributed by atoms with E-state index in [1.165, 1.54) is 0 Å². The van der Waals surface area contributed by atoms with Crippen LogP contribution in [0.3, 0.4) is 0 Å². The summed E-state index contributed by atoms with van der Waals surface area (Å²) in [5, 5.41) is 10.5. The average molecular weight is 274 g/mol. The van der Waals surface area contributed by atoms with Crippen molar-refractivity contribution in [2.45, 2.75) is 37.8 Å². The standard InChI is InChI=1S/C10H18N4O5/c11-5(1-3-7(13)15)9(17)14-8(16)4-2-6(12)10(18)19/h5-6H,1-4,11-12H2,(H2,13,15)(H,18,19)(H,14,16,17). The lowest BCUT2D eigenvalue weighted by Crippen LogP contribution is -2.44. The highest BCUT2D eigenvalue weighted by Gasteiger charge is 2.18. The summed E-state index contributed by atoms with van der Waals surface area (Å²) in [5.74, 6) is -3.23. The molecule has 0 radical (unpaired) electrons. The van der Waals surface area contributed by atoms with Crippen LogP contribution in [0.4, 0.5) is 0 Å². The molecule has 0 spiro atoms. The van der Waals surface area contributed by atoms with Gasteiger partial charge in [-0.25, -0.2) is 0 Å². The third-order valence-electron chi connectivity index (χ3n) is 2.30. The Kier molecular flexibility index (Phi) is 7.30. The van der Waals surface area contributed by atoms with Gasteiger partial charge in [0, 0.05) is 12.8 Å². The molecule has 2 unspecified atom stereocenters. The van der Waals surface area contributed by atoms with Crippen molar-refractivity contribution in [3.8, 4) is 0 Å². The van der Waals surface area contributed by atoms with Crippen LogP contribution in [0.25, 0.3) is 0 Å². The molecular weight excluding hydrogens is 256 g/mol. The Bertz CT molecular complexity index is 371. The van der Waals surface area contributed by atoms with Gasteiger partial charge in [-0.15, -0.1) is 0 Å². The minimum absolute atomic E-state index is 0.0308. The van der Waals surface area contributed by atoms with E-state index in [2.05, 4.69) is 0 Å². The van der Waals surface area contributed by atoms with Crippen molar-refractivity contribution in [2.75, 3.05) is 0 Å². The third kappa shape index (κ3) is 7.84. The monoisotopic (exact) mass is 274 g/mol. The van der Waals surface area contributed by atoms with Gasteiger partial charge < -0.3 is 22.3 Å². The Hall–Kier alpha value is -2.00. The predicted octanol–water partition coefficient (Wildman–Crippen LogP) is -2.59. The van der Waals surface area contributed by atoms with Crippen molar-refractivity contribution in [3.05, 3.63) is 0 Å². The molecule has 0 heterocycles. The Morgan fingerprint density at radius 1 is 1.00 bits per heavy atom. The fourth-order valence-corrected chi connectivity index (χ4v) is 1.13. The first-order chi connectivity index (χ1) is 8.73. The molecule has 0 fully saturated rings. The second kappa shape index (κ2) is 8.16. The molecule has 0 saturated carbocycles. The number of aliphatic carboxylic acids is 1. The number of carboxylic acids is 1. The number of imide groups is 1. The molecule has 0 aliphatic carbocycles. The average Bonchev–Trinajstić information content (AvgIpc) is 2.32. The Morgan fingerprint density at radius 2 is 1.53 bits per heavy atom. The molecule has 0 aromatic rings. The number of hydrogen-bond acceptors (Lipinski definition) is 6. The van der Waals surface area contributed by atoms with Crippen LogP contribution in [0, 0.1) is 0 Å². The van der Waals surface area contributed by atoms with Crippen LogP contribution in [-0.2, 0) is 19.2 Å². The normalized spacial score (nSPS) is 13.4. The van der Waals surface area contributed by atoms with E-state index >= 15 is 0 Å². The maximum atomic E-state index is 11.4. The fraction of sp³-hybridized carbons (Fsp3) is 0.600. The zero-order valence-electron chi connectivity index (χ0n) is 10.3. The van der Waals surface area contributed by atoms with E-state index in [0.29, 0.717) is 0 Å². The zero-order chi connectivity index (χ0) is 15.0. The minimum Gasteiger partial charge on any atom is -0.480 e. The molecule has 3 amide bonds. The molecule has 9 nitrogen and oxygen atoms in total. The molecule has 2 atom stereocenters. The molecule has 0 aliphatic rings. The van der Waals surface area contributed by atoms with Gasteiger partial charge in [0.1, 0.15) is 6.04 Å². The van der Waals surface area contributed by atoms with Gasteiger partial charge in [0.25, 0.3) is 0 Å². The summed E-state index contributed by atoms with van der Waals surface area (Å²) >= 11 is 0. The lowest BCUT2D eigenvalue weighted by Gasteiger charge is -2.11. The van der Waals surface area contributed by atoms with Crippen LogP contribution in [-0.4, -0.2) is 40.9 Å². The molecule has 0 aromatic carbocycles. The molecule has 8 N–H and O–H groups in total. The molecule has 0 bridgehead atoms. The SMILES string of the molecule is NC(=O)CCC(N)C(=O)NC(=O)CCC(N)C(=O)O. The number of carbonyl (C=O) groups is 4. The molecule has 0 aliphatic heterocycles. The van der Waals surface area contributed by atoms with Gasteiger partial charge in [-0.05, 0) is 12.8 Å². The number of amides is 3. The van der Waals surface area contributed by atoms with E-state index in [4.69, 9.17) is 22.3 Å². The van der Waals surface area contributed by atoms with Crippen LogP contribution in [0.5, 0.6) is 0 Å². The summed E-state index contributed by atoms with van der Waals surface area (Å²) in [6, 6.07) is -2.19. The van der Waals surface area contributed by atoms with Crippen molar-refractivity contribution in [2.24, 2.45) is 17.2 Å². The van der Waals surface area contributed by atoms with Gasteiger partial charge in [-0.2, -0.15) is 0 Å². The highest BCUT2D eigenvalue weighted by Crippen LogP contribution is 1.97. The van der Waals surface area contributed by atoms with Crippen molar-refractivity contribution in [1.82, 2.24) is 5.32 Å². The molecule has 0 rings (SSSR count). The molecule has 108 valence electrons. The van der Waals surface area contributed by atoms with Crippen molar-refractivity contribution in [1.29, 1.82) is 0 Å². The second-order valence-electron chi connectivity index (χ2n) is 4.01. The highest BCUT2D eigenvalue weighted by molar-refractivity contribution is 5.97. The molecular formula is C10H18N4O5. The Labute approximate surface area is 109 Å². The summed E-state index contributed by atoms with van der Waals surface area (Å²) < 4.78 is 0. The number of rotatable bonds is 8. The smallest absolute Gasteiger partial charge is 0.320 e. The summed E-state index contributed by atoms with van der Waals surface area (Å²) in [7, 11) is 0. The topological polar surface area (TPSA) is 179 Å². The van der Waals surface area contributed by atoms with Gasteiger partial charge in [-0.1, -0.05) is 0 Å². The number of hydrogen-bond donors (Lipinski definition) is 5. The summed E-state index contributed by atoms with van der Waals surface area (Å²) in [4.78, 5) is 43.6. The van der Waals surface area contributed by atoms with Crippen molar-refractivity contribution < 1.29 is 24.3 Å². The Morgan fingerprint density at radius 3 is 2.00 bits per heavy atom. The summed E-state index contributed by atoms with van der Waals surface area (Å²) in [6.07, 6.45) is -0.331. The van der Waals surface area contributed by atoms with Gasteiger partial charge in [-0.3, -0.25) is 24.5 Å².